The van der Waals surface area contributed by atoms with Gasteiger partial charge in [-0.05, 0) is 19.1 Å². The zero-order valence-corrected chi connectivity index (χ0v) is 12.4. The van der Waals surface area contributed by atoms with E-state index in [4.69, 9.17) is 10.5 Å². The molecular formula is C14H14N2O5S. The van der Waals surface area contributed by atoms with Crippen molar-refractivity contribution in [2.24, 2.45) is 5.92 Å². The van der Waals surface area contributed by atoms with Gasteiger partial charge in [-0.3, -0.25) is 9.69 Å². The second-order valence-corrected chi connectivity index (χ2v) is 6.19. The molecule has 0 aromatic heterocycles. The highest BCUT2D eigenvalue weighted by atomic mass is 32.2. The first-order valence-electron chi connectivity index (χ1n) is 6.59. The van der Waals surface area contributed by atoms with Gasteiger partial charge >= 0.3 is 5.97 Å². The predicted molar refractivity (Wildman–Crippen MR) is 79.5 cm³/mol. The number of carbonyl (C=O) groups is 2. The quantitative estimate of drug-likeness (QED) is 0.555. The van der Waals surface area contributed by atoms with E-state index in [0.29, 0.717) is 11.4 Å². The molecule has 1 saturated heterocycles. The van der Waals surface area contributed by atoms with Crippen LogP contribution in [0.2, 0.25) is 0 Å². The maximum atomic E-state index is 12.0. The van der Waals surface area contributed by atoms with E-state index in [9.17, 15) is 19.8 Å². The number of anilines is 1. The molecule has 2 aliphatic rings. The molecule has 0 saturated carbocycles. The summed E-state index contributed by atoms with van der Waals surface area (Å²) in [6.45, 7) is 1.51. The molecule has 3 atom stereocenters. The third-order valence-electron chi connectivity index (χ3n) is 3.54. The van der Waals surface area contributed by atoms with E-state index < -0.39 is 29.3 Å². The van der Waals surface area contributed by atoms with Crippen molar-refractivity contribution in [1.82, 2.24) is 4.90 Å². The molecule has 22 heavy (non-hydrogen) atoms. The lowest BCUT2D eigenvalue weighted by atomic mass is 9.92. The largest absolute Gasteiger partial charge is 0.476 e. The number of aliphatic hydroxyl groups is 1. The monoisotopic (exact) mass is 322 g/mol. The van der Waals surface area contributed by atoms with Crippen LogP contribution in [-0.2, 0) is 9.59 Å². The highest BCUT2D eigenvalue weighted by molar-refractivity contribution is 8.03. The lowest BCUT2D eigenvalue weighted by Crippen LogP contribution is -2.60. The van der Waals surface area contributed by atoms with Crippen LogP contribution < -0.4 is 10.5 Å². The summed E-state index contributed by atoms with van der Waals surface area (Å²) in [6, 6.07) is 6.58. The van der Waals surface area contributed by atoms with E-state index in [-0.39, 0.29) is 10.8 Å². The molecule has 2 aliphatic heterocycles. The lowest BCUT2D eigenvalue weighted by Gasteiger charge is -2.43. The smallest absolute Gasteiger partial charge is 0.357 e. The number of aliphatic hydroxyl groups excluding tert-OH is 1. The van der Waals surface area contributed by atoms with Gasteiger partial charge < -0.3 is 20.7 Å². The normalized spacial score (nSPS) is 24.8. The van der Waals surface area contributed by atoms with Gasteiger partial charge in [0.05, 0.1) is 12.0 Å². The van der Waals surface area contributed by atoms with E-state index in [0.717, 1.165) is 16.7 Å². The van der Waals surface area contributed by atoms with Crippen molar-refractivity contribution < 1.29 is 24.5 Å². The van der Waals surface area contributed by atoms with Gasteiger partial charge in [0, 0.05) is 11.8 Å². The van der Waals surface area contributed by atoms with Crippen LogP contribution in [0.1, 0.15) is 6.92 Å². The van der Waals surface area contributed by atoms with Gasteiger partial charge in [0.25, 0.3) is 0 Å². The molecule has 7 nitrogen and oxygen atoms in total. The number of rotatable bonds is 4. The number of β-lactam (4-membered cyclic amide) rings is 1. The second-order valence-electron chi connectivity index (χ2n) is 5.10. The number of carboxylic acid groups (broad SMARTS) is 1. The third-order valence-corrected chi connectivity index (χ3v) is 4.77. The Balaban J connectivity index is 1.90. The fourth-order valence-corrected chi connectivity index (χ4v) is 3.97. The number of hydrogen-bond acceptors (Lipinski definition) is 6. The lowest BCUT2D eigenvalue weighted by molar-refractivity contribution is -0.156. The summed E-state index contributed by atoms with van der Waals surface area (Å²) in [5.74, 6) is -1.88. The predicted octanol–water partition coefficient (Wildman–Crippen LogP) is 0.813. The molecule has 8 heteroatoms. The maximum absolute atomic E-state index is 12.0. The molecule has 0 aliphatic carbocycles. The Kier molecular flexibility index (Phi) is 3.50. The maximum Gasteiger partial charge on any atom is 0.357 e. The average molecular weight is 322 g/mol. The molecule has 1 fully saturated rings. The minimum absolute atomic E-state index is 0.125. The zero-order valence-electron chi connectivity index (χ0n) is 11.6. The Morgan fingerprint density at radius 1 is 1.50 bits per heavy atom. The van der Waals surface area contributed by atoms with Crippen LogP contribution >= 0.6 is 11.8 Å². The minimum Gasteiger partial charge on any atom is -0.476 e. The van der Waals surface area contributed by atoms with Crippen LogP contribution in [0.4, 0.5) is 5.69 Å². The van der Waals surface area contributed by atoms with Gasteiger partial charge in [0.2, 0.25) is 5.91 Å². The van der Waals surface area contributed by atoms with Crippen molar-refractivity contribution in [1.29, 1.82) is 0 Å². The van der Waals surface area contributed by atoms with Crippen molar-refractivity contribution in [2.75, 3.05) is 5.73 Å². The molecule has 116 valence electrons. The van der Waals surface area contributed by atoms with E-state index in [1.165, 1.54) is 6.92 Å². The molecule has 3 rings (SSSR count). The number of aliphatic carboxylic acids is 1. The molecule has 1 aromatic rings. The number of fused-ring (bicyclic) bond motifs is 1. The molecule has 0 bridgehead atoms. The zero-order chi connectivity index (χ0) is 16.0. The first-order valence-corrected chi connectivity index (χ1v) is 7.47. The van der Waals surface area contributed by atoms with Gasteiger partial charge in [-0.2, -0.15) is 0 Å². The second kappa shape index (κ2) is 5.22. The van der Waals surface area contributed by atoms with Crippen LogP contribution in [0.5, 0.6) is 5.75 Å². The SMILES string of the molecule is C[C@@H](O)[C@H]1C(=O)N2C(C(=O)O)=C(Oc3cccc(N)c3)S[C@H]12. The molecule has 0 spiro atoms. The Morgan fingerprint density at radius 3 is 2.82 bits per heavy atom. The van der Waals surface area contributed by atoms with E-state index >= 15 is 0 Å². The molecule has 1 aromatic carbocycles. The summed E-state index contributed by atoms with van der Waals surface area (Å²) in [5, 5.41) is 18.7. The number of nitrogen functional groups attached to an aromatic ring is 1. The number of carboxylic acids is 1. The third kappa shape index (κ3) is 2.20. The Morgan fingerprint density at radius 2 is 2.23 bits per heavy atom. The van der Waals surface area contributed by atoms with Crippen LogP contribution in [0.25, 0.3) is 0 Å². The molecule has 4 N–H and O–H groups in total. The van der Waals surface area contributed by atoms with Crippen molar-refractivity contribution in [3.63, 3.8) is 0 Å². The van der Waals surface area contributed by atoms with Crippen molar-refractivity contribution in [3.05, 3.63) is 35.1 Å². The first-order chi connectivity index (χ1) is 10.4. The van der Waals surface area contributed by atoms with E-state index in [1.54, 1.807) is 24.3 Å². The first kappa shape index (κ1) is 14.7. The Hall–Kier alpha value is -2.19. The van der Waals surface area contributed by atoms with Gasteiger partial charge in [-0.25, -0.2) is 4.79 Å². The number of benzene rings is 1. The van der Waals surface area contributed by atoms with Crippen LogP contribution in [0.15, 0.2) is 35.1 Å². The molecule has 1 amide bonds. The summed E-state index contributed by atoms with van der Waals surface area (Å²) >= 11 is 1.12. The number of amides is 1. The number of carbonyl (C=O) groups excluding carboxylic acids is 1. The van der Waals surface area contributed by atoms with Crippen molar-refractivity contribution in [3.8, 4) is 5.75 Å². The summed E-state index contributed by atoms with van der Waals surface area (Å²) in [7, 11) is 0. The van der Waals surface area contributed by atoms with Crippen LogP contribution in [-0.4, -0.2) is 38.5 Å². The minimum atomic E-state index is -1.24. The number of hydrogen-bond donors (Lipinski definition) is 3. The number of thioether (sulfide) groups is 1. The van der Waals surface area contributed by atoms with Crippen molar-refractivity contribution in [2.45, 2.75) is 18.4 Å². The van der Waals surface area contributed by atoms with Gasteiger partial charge in [-0.1, -0.05) is 17.8 Å². The standard InChI is InChI=1S/C14H14N2O5S/c1-6(17)9-11(18)16-10(13(19)20)14(22-12(9)16)21-8-4-2-3-7(15)5-8/h2-6,9,12,17H,15H2,1H3,(H,19,20)/t6-,9+,12-/m1/s1. The van der Waals surface area contributed by atoms with E-state index in [2.05, 4.69) is 0 Å². The van der Waals surface area contributed by atoms with Crippen LogP contribution in [0.3, 0.4) is 0 Å². The summed E-state index contributed by atoms with van der Waals surface area (Å²) in [5.41, 5.74) is 5.95. The van der Waals surface area contributed by atoms with E-state index in [1.807, 2.05) is 0 Å². The molecule has 2 heterocycles. The average Bonchev–Trinajstić information content (AvgIpc) is 2.73. The summed E-state index contributed by atoms with van der Waals surface area (Å²) < 4.78 is 5.59. The van der Waals surface area contributed by atoms with Crippen molar-refractivity contribution >= 4 is 29.3 Å². The van der Waals surface area contributed by atoms with Crippen LogP contribution in [0, 0.1) is 5.92 Å². The van der Waals surface area contributed by atoms with Gasteiger partial charge in [-0.15, -0.1) is 0 Å². The Labute approximate surface area is 130 Å². The number of nitrogens with two attached hydrogens (primary N) is 1. The fraction of sp³-hybridized carbons (Fsp3) is 0.286. The molecule has 0 unspecified atom stereocenters. The highest BCUT2D eigenvalue weighted by Gasteiger charge is 2.58. The summed E-state index contributed by atoms with van der Waals surface area (Å²) in [6.07, 6.45) is -0.844. The Bertz CT molecular complexity index is 688. The van der Waals surface area contributed by atoms with Gasteiger partial charge in [0.15, 0.2) is 10.8 Å². The number of nitrogens with zero attached hydrogens (tertiary/aromatic N) is 1. The molecule has 0 radical (unpaired) electrons. The van der Waals surface area contributed by atoms with Gasteiger partial charge in [0.1, 0.15) is 11.1 Å². The topological polar surface area (TPSA) is 113 Å². The fourth-order valence-electron chi connectivity index (χ4n) is 2.51. The highest BCUT2D eigenvalue weighted by Crippen LogP contribution is 2.50. The molecular weight excluding hydrogens is 308 g/mol. The summed E-state index contributed by atoms with van der Waals surface area (Å²) in [4.78, 5) is 24.6. The number of ether oxygens (including phenoxy) is 1.